The molecule has 0 saturated heterocycles. The van der Waals surface area contributed by atoms with Gasteiger partial charge in [-0.3, -0.25) is 19.1 Å². The van der Waals surface area contributed by atoms with Gasteiger partial charge in [-0.2, -0.15) is 0 Å². The largest absolute Gasteiger partial charge is 0.497 e. The Kier molecular flexibility index (Phi) is 4.73. The minimum atomic E-state index is -0.640. The number of thiophene rings is 1. The van der Waals surface area contributed by atoms with Gasteiger partial charge < -0.3 is 10.5 Å². The van der Waals surface area contributed by atoms with Crippen LogP contribution in [0.1, 0.15) is 15.2 Å². The van der Waals surface area contributed by atoms with E-state index >= 15 is 0 Å². The number of nitrogens with two attached hydrogens (primary N) is 1. The summed E-state index contributed by atoms with van der Waals surface area (Å²) >= 11 is 6.88. The first-order valence-electron chi connectivity index (χ1n) is 8.42. The van der Waals surface area contributed by atoms with Crippen LogP contribution in [0.2, 0.25) is 5.02 Å². The van der Waals surface area contributed by atoms with E-state index in [-0.39, 0.29) is 21.7 Å². The molecule has 4 rings (SSSR count). The van der Waals surface area contributed by atoms with E-state index in [9.17, 15) is 14.4 Å². The van der Waals surface area contributed by atoms with E-state index in [4.69, 9.17) is 22.1 Å². The highest BCUT2D eigenvalue weighted by atomic mass is 35.5. The van der Waals surface area contributed by atoms with Crippen LogP contribution in [0.5, 0.6) is 5.75 Å². The van der Waals surface area contributed by atoms with E-state index in [2.05, 4.69) is 4.98 Å². The number of anilines is 1. The van der Waals surface area contributed by atoms with Crippen LogP contribution in [-0.4, -0.2) is 22.4 Å². The maximum absolute atomic E-state index is 12.9. The van der Waals surface area contributed by atoms with E-state index in [0.29, 0.717) is 26.9 Å². The number of hydrogen-bond acceptors (Lipinski definition) is 6. The summed E-state index contributed by atoms with van der Waals surface area (Å²) < 4.78 is 6.45. The first-order chi connectivity index (χ1) is 13.9. The zero-order valence-corrected chi connectivity index (χ0v) is 16.6. The van der Waals surface area contributed by atoms with Crippen LogP contribution in [0.15, 0.2) is 58.1 Å². The van der Waals surface area contributed by atoms with Crippen molar-refractivity contribution in [2.45, 2.75) is 0 Å². The molecule has 0 spiro atoms. The highest BCUT2D eigenvalue weighted by Gasteiger charge is 2.23. The van der Waals surface area contributed by atoms with Gasteiger partial charge in [-0.05, 0) is 48.5 Å². The lowest BCUT2D eigenvalue weighted by atomic mass is 10.1. The van der Waals surface area contributed by atoms with Crippen LogP contribution in [0.3, 0.4) is 0 Å². The maximum Gasteiger partial charge on any atom is 0.334 e. The van der Waals surface area contributed by atoms with Crippen LogP contribution in [0.25, 0.3) is 15.9 Å². The minimum Gasteiger partial charge on any atom is -0.497 e. The number of carbonyl (C=O) groups excluding carboxylic acids is 1. The molecule has 29 heavy (non-hydrogen) atoms. The van der Waals surface area contributed by atoms with Gasteiger partial charge in [-0.1, -0.05) is 11.6 Å². The summed E-state index contributed by atoms with van der Waals surface area (Å²) in [7, 11) is 1.54. The number of rotatable bonds is 4. The molecule has 2 aromatic carbocycles. The molecule has 0 unspecified atom stereocenters. The standard InChI is InChI=1S/C20H14ClN3O4S/c1-28-13-8-6-12(7-9-13)24-19-14(18(26)23-20(24)27)15(22)17(29-19)16(25)10-2-4-11(21)5-3-10/h2-9H,22H2,1H3,(H,23,26,27). The molecule has 4 aromatic rings. The molecule has 0 amide bonds. The number of nitrogens with one attached hydrogen (secondary N) is 1. The van der Waals surface area contributed by atoms with Gasteiger partial charge in [-0.25, -0.2) is 4.79 Å². The Hall–Kier alpha value is -3.36. The number of aromatic amines is 1. The zero-order chi connectivity index (χ0) is 20.7. The number of nitrogen functional groups attached to an aromatic ring is 1. The fourth-order valence-corrected chi connectivity index (χ4v) is 4.31. The molecule has 0 aliphatic carbocycles. The van der Waals surface area contributed by atoms with E-state index in [0.717, 1.165) is 11.3 Å². The normalized spacial score (nSPS) is 11.0. The number of H-pyrrole nitrogens is 1. The van der Waals surface area contributed by atoms with Gasteiger partial charge in [0.25, 0.3) is 5.56 Å². The Bertz CT molecular complexity index is 1350. The predicted octanol–water partition coefficient (Wildman–Crippen LogP) is 3.22. The lowest BCUT2D eigenvalue weighted by Crippen LogP contribution is -2.28. The first kappa shape index (κ1) is 19.0. The van der Waals surface area contributed by atoms with E-state index in [1.54, 1.807) is 48.5 Å². The van der Waals surface area contributed by atoms with Crippen molar-refractivity contribution in [1.82, 2.24) is 9.55 Å². The lowest BCUT2D eigenvalue weighted by Gasteiger charge is -2.07. The molecule has 2 aromatic heterocycles. The molecule has 3 N–H and O–H groups in total. The monoisotopic (exact) mass is 427 g/mol. The summed E-state index contributed by atoms with van der Waals surface area (Å²) in [5, 5.41) is 0.596. The van der Waals surface area contributed by atoms with Gasteiger partial charge in [-0.15, -0.1) is 11.3 Å². The van der Waals surface area contributed by atoms with Gasteiger partial charge in [0.2, 0.25) is 5.78 Å². The van der Waals surface area contributed by atoms with Crippen molar-refractivity contribution in [3.63, 3.8) is 0 Å². The summed E-state index contributed by atoms with van der Waals surface area (Å²) in [5.41, 5.74) is 5.81. The third kappa shape index (κ3) is 3.22. The molecule has 0 bridgehead atoms. The number of ether oxygens (including phenoxy) is 1. The first-order valence-corrected chi connectivity index (χ1v) is 9.62. The van der Waals surface area contributed by atoms with Gasteiger partial charge in [0.05, 0.1) is 23.9 Å². The average Bonchev–Trinajstić information content (AvgIpc) is 3.06. The number of ketones is 1. The van der Waals surface area contributed by atoms with Crippen LogP contribution >= 0.6 is 22.9 Å². The molecule has 0 fully saturated rings. The second-order valence-electron chi connectivity index (χ2n) is 6.15. The number of methoxy groups -OCH3 is 1. The van der Waals surface area contributed by atoms with Crippen LogP contribution in [0, 0.1) is 0 Å². The summed E-state index contributed by atoms with van der Waals surface area (Å²) in [6.45, 7) is 0. The Balaban J connectivity index is 1.96. The average molecular weight is 428 g/mol. The molecule has 0 saturated carbocycles. The SMILES string of the molecule is COc1ccc(-n2c(=O)[nH]c(=O)c3c(N)c(C(=O)c4ccc(Cl)cc4)sc32)cc1. The number of nitrogens with zero attached hydrogens (tertiary/aromatic N) is 1. The molecule has 0 radical (unpaired) electrons. The Morgan fingerprint density at radius 3 is 2.38 bits per heavy atom. The Morgan fingerprint density at radius 1 is 1.10 bits per heavy atom. The summed E-state index contributed by atoms with van der Waals surface area (Å²) in [6, 6.07) is 13.1. The number of aromatic nitrogens is 2. The van der Waals surface area contributed by atoms with Crippen LogP contribution < -0.4 is 21.7 Å². The molecular weight excluding hydrogens is 414 g/mol. The van der Waals surface area contributed by atoms with E-state index < -0.39 is 11.2 Å². The zero-order valence-electron chi connectivity index (χ0n) is 15.1. The van der Waals surface area contributed by atoms with Crippen molar-refractivity contribution >= 4 is 44.6 Å². The highest BCUT2D eigenvalue weighted by molar-refractivity contribution is 7.21. The fraction of sp³-hybridized carbons (Fsp3) is 0.0500. The molecular formula is C20H14ClN3O4S. The molecule has 7 nitrogen and oxygen atoms in total. The number of benzene rings is 2. The van der Waals surface area contributed by atoms with Gasteiger partial charge in [0.15, 0.2) is 0 Å². The second kappa shape index (κ2) is 7.23. The van der Waals surface area contributed by atoms with Crippen molar-refractivity contribution in [2.75, 3.05) is 12.8 Å². The van der Waals surface area contributed by atoms with Gasteiger partial charge >= 0.3 is 5.69 Å². The summed E-state index contributed by atoms with van der Waals surface area (Å²) in [4.78, 5) is 40.7. The van der Waals surface area contributed by atoms with Crippen molar-refractivity contribution in [1.29, 1.82) is 0 Å². The smallest absolute Gasteiger partial charge is 0.334 e. The fourth-order valence-electron chi connectivity index (χ4n) is 2.98. The minimum absolute atomic E-state index is 0.0356. The molecule has 146 valence electrons. The molecule has 0 aliphatic heterocycles. The lowest BCUT2D eigenvalue weighted by molar-refractivity contribution is 0.104. The Morgan fingerprint density at radius 2 is 1.76 bits per heavy atom. The predicted molar refractivity (Wildman–Crippen MR) is 114 cm³/mol. The van der Waals surface area contributed by atoms with Crippen LogP contribution in [0.4, 0.5) is 5.69 Å². The van der Waals surface area contributed by atoms with Crippen molar-refractivity contribution in [3.8, 4) is 11.4 Å². The summed E-state index contributed by atoms with van der Waals surface area (Å²) in [6.07, 6.45) is 0. The number of hydrogen-bond donors (Lipinski definition) is 2. The maximum atomic E-state index is 12.9. The van der Waals surface area contributed by atoms with E-state index in [1.165, 1.54) is 11.7 Å². The number of fused-ring (bicyclic) bond motifs is 1. The molecule has 2 heterocycles. The third-order valence-corrected chi connectivity index (χ3v) is 5.86. The third-order valence-electron chi connectivity index (χ3n) is 4.42. The molecule has 0 aliphatic rings. The van der Waals surface area contributed by atoms with E-state index in [1.807, 2.05) is 0 Å². The van der Waals surface area contributed by atoms with Crippen LogP contribution in [-0.2, 0) is 0 Å². The van der Waals surface area contributed by atoms with Gasteiger partial charge in [0.1, 0.15) is 15.5 Å². The topological polar surface area (TPSA) is 107 Å². The number of halogens is 1. The molecule has 9 heteroatoms. The summed E-state index contributed by atoms with van der Waals surface area (Å²) in [5.74, 6) is 0.264. The second-order valence-corrected chi connectivity index (χ2v) is 7.59. The highest BCUT2D eigenvalue weighted by Crippen LogP contribution is 2.33. The number of carbonyl (C=O) groups is 1. The van der Waals surface area contributed by atoms with Crippen molar-refractivity contribution in [2.24, 2.45) is 0 Å². The quantitative estimate of drug-likeness (QED) is 0.486. The van der Waals surface area contributed by atoms with Crippen molar-refractivity contribution in [3.05, 3.63) is 84.8 Å². The Labute approximate surface area is 172 Å². The molecule has 0 atom stereocenters. The van der Waals surface area contributed by atoms with Crippen molar-refractivity contribution < 1.29 is 9.53 Å². The van der Waals surface area contributed by atoms with Gasteiger partial charge in [0, 0.05) is 10.6 Å².